The zero-order valence-electron chi connectivity index (χ0n) is 12.2. The lowest BCUT2D eigenvalue weighted by Gasteiger charge is -2.15. The first kappa shape index (κ1) is 15.9. The number of halogens is 1. The zero-order chi connectivity index (χ0) is 15.2. The predicted octanol–water partition coefficient (Wildman–Crippen LogP) is 3.61. The number of para-hydroxylation sites is 1. The summed E-state index contributed by atoms with van der Waals surface area (Å²) in [4.78, 5) is 0. The van der Waals surface area contributed by atoms with Crippen LogP contribution < -0.4 is 9.47 Å². The van der Waals surface area contributed by atoms with E-state index < -0.39 is 6.10 Å². The summed E-state index contributed by atoms with van der Waals surface area (Å²) in [5, 5.41) is 10.3. The number of aliphatic hydroxyl groups is 1. The van der Waals surface area contributed by atoms with Crippen molar-refractivity contribution in [2.24, 2.45) is 0 Å². The smallest absolute Gasteiger partial charge is 0.122 e. The lowest BCUT2D eigenvalue weighted by atomic mass is 10.0. The monoisotopic (exact) mass is 350 g/mol. The average Bonchev–Trinajstić information content (AvgIpc) is 2.50. The van der Waals surface area contributed by atoms with Crippen molar-refractivity contribution >= 4 is 15.9 Å². The Morgan fingerprint density at radius 1 is 1.00 bits per heavy atom. The molecule has 1 atom stereocenters. The molecular weight excluding hydrogens is 332 g/mol. The minimum atomic E-state index is -0.482. The van der Waals surface area contributed by atoms with Crippen molar-refractivity contribution in [2.75, 3.05) is 14.2 Å². The van der Waals surface area contributed by atoms with E-state index in [1.165, 1.54) is 0 Å². The van der Waals surface area contributed by atoms with Crippen molar-refractivity contribution < 1.29 is 14.6 Å². The van der Waals surface area contributed by atoms with Gasteiger partial charge in [-0.1, -0.05) is 34.1 Å². The van der Waals surface area contributed by atoms with Gasteiger partial charge in [-0.3, -0.25) is 0 Å². The maximum Gasteiger partial charge on any atom is 0.122 e. The van der Waals surface area contributed by atoms with Crippen LogP contribution in [0.3, 0.4) is 0 Å². The third kappa shape index (κ3) is 4.22. The molecule has 0 aliphatic rings. The van der Waals surface area contributed by atoms with E-state index in [9.17, 15) is 5.11 Å². The Kier molecular flexibility index (Phi) is 5.65. The highest BCUT2D eigenvalue weighted by molar-refractivity contribution is 9.10. The predicted molar refractivity (Wildman–Crippen MR) is 87.1 cm³/mol. The molecule has 0 aliphatic heterocycles. The van der Waals surface area contributed by atoms with E-state index in [0.717, 1.165) is 27.1 Å². The van der Waals surface area contributed by atoms with Gasteiger partial charge in [0.15, 0.2) is 0 Å². The molecule has 0 radical (unpaired) electrons. The van der Waals surface area contributed by atoms with E-state index in [-0.39, 0.29) is 0 Å². The van der Waals surface area contributed by atoms with Gasteiger partial charge >= 0.3 is 0 Å². The summed E-state index contributed by atoms with van der Waals surface area (Å²) >= 11 is 3.51. The summed E-state index contributed by atoms with van der Waals surface area (Å²) in [6, 6.07) is 13.5. The van der Waals surface area contributed by atoms with Gasteiger partial charge in [0.25, 0.3) is 0 Å². The summed E-state index contributed by atoms with van der Waals surface area (Å²) in [7, 11) is 3.28. The highest BCUT2D eigenvalue weighted by atomic mass is 79.9. The van der Waals surface area contributed by atoms with Crippen LogP contribution in [0, 0.1) is 0 Å². The zero-order valence-corrected chi connectivity index (χ0v) is 13.8. The average molecular weight is 351 g/mol. The molecule has 1 N–H and O–H groups in total. The third-order valence-electron chi connectivity index (χ3n) is 3.36. The van der Waals surface area contributed by atoms with E-state index in [1.807, 2.05) is 42.5 Å². The van der Waals surface area contributed by atoms with Crippen LogP contribution in [0.15, 0.2) is 46.9 Å². The Balaban J connectivity index is 2.09. The summed E-state index contributed by atoms with van der Waals surface area (Å²) in [5.74, 6) is 1.60. The minimum Gasteiger partial charge on any atom is -0.497 e. The van der Waals surface area contributed by atoms with E-state index in [2.05, 4.69) is 15.9 Å². The molecule has 3 nitrogen and oxygen atoms in total. The Hall–Kier alpha value is -1.52. The molecule has 0 bridgehead atoms. The second kappa shape index (κ2) is 7.48. The first-order chi connectivity index (χ1) is 10.1. The third-order valence-corrected chi connectivity index (χ3v) is 4.13. The SMILES string of the molecule is COc1ccc(Br)c(CC(O)Cc2ccccc2OC)c1. The van der Waals surface area contributed by atoms with Crippen LogP contribution in [-0.4, -0.2) is 25.4 Å². The van der Waals surface area contributed by atoms with Crippen LogP contribution in [0.4, 0.5) is 0 Å². The van der Waals surface area contributed by atoms with Crippen molar-refractivity contribution in [3.63, 3.8) is 0 Å². The molecule has 112 valence electrons. The fraction of sp³-hybridized carbons (Fsp3) is 0.294. The molecule has 1 unspecified atom stereocenters. The summed E-state index contributed by atoms with van der Waals surface area (Å²) in [6.07, 6.45) is 0.619. The molecule has 0 saturated carbocycles. The summed E-state index contributed by atoms with van der Waals surface area (Å²) < 4.78 is 11.5. The van der Waals surface area contributed by atoms with Crippen LogP contribution in [-0.2, 0) is 12.8 Å². The van der Waals surface area contributed by atoms with E-state index >= 15 is 0 Å². The lowest BCUT2D eigenvalue weighted by molar-refractivity contribution is 0.174. The molecule has 2 rings (SSSR count). The van der Waals surface area contributed by atoms with E-state index in [4.69, 9.17) is 9.47 Å². The van der Waals surface area contributed by atoms with Gasteiger partial charge in [0, 0.05) is 10.9 Å². The molecule has 0 heterocycles. The normalized spacial score (nSPS) is 12.0. The molecule has 4 heteroatoms. The number of benzene rings is 2. The number of methoxy groups -OCH3 is 2. The molecule has 2 aromatic rings. The van der Waals surface area contributed by atoms with Crippen LogP contribution in [0.2, 0.25) is 0 Å². The van der Waals surface area contributed by atoms with Crippen LogP contribution in [0.1, 0.15) is 11.1 Å². The van der Waals surface area contributed by atoms with E-state index in [0.29, 0.717) is 12.8 Å². The molecular formula is C17H19BrO3. The quantitative estimate of drug-likeness (QED) is 0.864. The van der Waals surface area contributed by atoms with Crippen molar-refractivity contribution in [2.45, 2.75) is 18.9 Å². The lowest BCUT2D eigenvalue weighted by Crippen LogP contribution is -2.15. The fourth-order valence-corrected chi connectivity index (χ4v) is 2.69. The number of ether oxygens (including phenoxy) is 2. The van der Waals surface area contributed by atoms with Gasteiger partial charge in [0.1, 0.15) is 11.5 Å². The van der Waals surface area contributed by atoms with Crippen molar-refractivity contribution in [3.05, 3.63) is 58.1 Å². The molecule has 0 fully saturated rings. The maximum atomic E-state index is 10.3. The maximum absolute atomic E-state index is 10.3. The Morgan fingerprint density at radius 3 is 2.43 bits per heavy atom. The molecule has 0 aromatic heterocycles. The highest BCUT2D eigenvalue weighted by Gasteiger charge is 2.12. The van der Waals surface area contributed by atoms with Crippen LogP contribution in [0.5, 0.6) is 11.5 Å². The van der Waals surface area contributed by atoms with E-state index in [1.54, 1.807) is 14.2 Å². The molecule has 21 heavy (non-hydrogen) atoms. The second-order valence-electron chi connectivity index (χ2n) is 4.83. The van der Waals surface area contributed by atoms with Gasteiger partial charge in [-0.2, -0.15) is 0 Å². The number of hydrogen-bond donors (Lipinski definition) is 1. The van der Waals surface area contributed by atoms with Crippen molar-refractivity contribution in [1.82, 2.24) is 0 Å². The van der Waals surface area contributed by atoms with Gasteiger partial charge in [0.2, 0.25) is 0 Å². The number of hydrogen-bond acceptors (Lipinski definition) is 3. The van der Waals surface area contributed by atoms with Gasteiger partial charge < -0.3 is 14.6 Å². The number of aliphatic hydroxyl groups excluding tert-OH is 1. The Bertz CT molecular complexity index is 598. The minimum absolute atomic E-state index is 0.482. The van der Waals surface area contributed by atoms with Crippen molar-refractivity contribution in [1.29, 1.82) is 0 Å². The molecule has 0 amide bonds. The van der Waals surface area contributed by atoms with Crippen molar-refractivity contribution in [3.8, 4) is 11.5 Å². The van der Waals surface area contributed by atoms with Gasteiger partial charge in [-0.05, 0) is 41.8 Å². The standard InChI is InChI=1S/C17H19BrO3/c1-20-15-7-8-16(18)13(11-15)10-14(19)9-12-5-3-4-6-17(12)21-2/h3-8,11,14,19H,9-10H2,1-2H3. The van der Waals surface area contributed by atoms with Crippen LogP contribution >= 0.6 is 15.9 Å². The first-order valence-electron chi connectivity index (χ1n) is 6.76. The van der Waals surface area contributed by atoms with Crippen LogP contribution in [0.25, 0.3) is 0 Å². The Labute approximate surface area is 133 Å². The Morgan fingerprint density at radius 2 is 1.71 bits per heavy atom. The van der Waals surface area contributed by atoms with Gasteiger partial charge in [-0.15, -0.1) is 0 Å². The van der Waals surface area contributed by atoms with Gasteiger partial charge in [-0.25, -0.2) is 0 Å². The summed E-state index contributed by atoms with van der Waals surface area (Å²) in [6.45, 7) is 0. The molecule has 0 saturated heterocycles. The fourth-order valence-electron chi connectivity index (χ4n) is 2.29. The second-order valence-corrected chi connectivity index (χ2v) is 5.69. The topological polar surface area (TPSA) is 38.7 Å². The molecule has 0 spiro atoms. The summed E-state index contributed by atoms with van der Waals surface area (Å²) in [5.41, 5.74) is 2.03. The largest absolute Gasteiger partial charge is 0.497 e. The van der Waals surface area contributed by atoms with Gasteiger partial charge in [0.05, 0.1) is 20.3 Å². The molecule has 0 aliphatic carbocycles. The molecule has 2 aromatic carbocycles. The number of rotatable bonds is 6. The first-order valence-corrected chi connectivity index (χ1v) is 7.55. The highest BCUT2D eigenvalue weighted by Crippen LogP contribution is 2.25.